The zero-order chi connectivity index (χ0) is 24.2. The Morgan fingerprint density at radius 2 is 0.758 bits per heavy atom. The van der Waals surface area contributed by atoms with Gasteiger partial charge in [0.1, 0.15) is 0 Å². The molecule has 2 N–H and O–H groups in total. The average molecular weight is 469 g/mol. The Kier molecular flexibility index (Phi) is 27.2. The molecule has 0 heterocycles. The Balaban J connectivity index is 3.11. The maximum Gasteiger partial charge on any atom is 0.303 e. The SMILES string of the molecule is CCCCCCCCCC(O)CCCCCCCCCCCCCCCCCCCC(=O)O. The third-order valence-electron chi connectivity index (χ3n) is 7.07. The summed E-state index contributed by atoms with van der Waals surface area (Å²) in [6, 6.07) is 0. The molecular formula is C30H60O3. The van der Waals surface area contributed by atoms with E-state index in [1.54, 1.807) is 0 Å². The third-order valence-corrected chi connectivity index (χ3v) is 7.07. The Hall–Kier alpha value is -0.570. The van der Waals surface area contributed by atoms with E-state index in [1.807, 2.05) is 0 Å². The van der Waals surface area contributed by atoms with Crippen molar-refractivity contribution in [1.82, 2.24) is 0 Å². The van der Waals surface area contributed by atoms with Crippen molar-refractivity contribution < 1.29 is 15.0 Å². The summed E-state index contributed by atoms with van der Waals surface area (Å²) in [5.41, 5.74) is 0. The van der Waals surface area contributed by atoms with Crippen molar-refractivity contribution >= 4 is 5.97 Å². The van der Waals surface area contributed by atoms with Gasteiger partial charge in [0, 0.05) is 6.42 Å². The number of unbranched alkanes of at least 4 members (excludes halogenated alkanes) is 22. The van der Waals surface area contributed by atoms with E-state index in [-0.39, 0.29) is 6.10 Å². The van der Waals surface area contributed by atoms with Crippen molar-refractivity contribution in [3.05, 3.63) is 0 Å². The second kappa shape index (κ2) is 27.7. The Morgan fingerprint density at radius 3 is 1.06 bits per heavy atom. The molecule has 3 nitrogen and oxygen atoms in total. The zero-order valence-corrected chi connectivity index (χ0v) is 22.5. The van der Waals surface area contributed by atoms with Crippen LogP contribution in [0.3, 0.4) is 0 Å². The summed E-state index contributed by atoms with van der Waals surface area (Å²) in [5, 5.41) is 18.7. The smallest absolute Gasteiger partial charge is 0.303 e. The molecule has 0 saturated heterocycles. The first kappa shape index (κ1) is 32.4. The second-order valence-electron chi connectivity index (χ2n) is 10.5. The van der Waals surface area contributed by atoms with Gasteiger partial charge < -0.3 is 10.2 Å². The fraction of sp³-hybridized carbons (Fsp3) is 0.967. The molecule has 0 aliphatic carbocycles. The minimum atomic E-state index is -0.657. The van der Waals surface area contributed by atoms with Crippen molar-refractivity contribution in [2.24, 2.45) is 0 Å². The number of hydrogen-bond donors (Lipinski definition) is 2. The van der Waals surface area contributed by atoms with Gasteiger partial charge in [0.25, 0.3) is 0 Å². The number of aliphatic carboxylic acids is 1. The predicted molar refractivity (Wildman–Crippen MR) is 144 cm³/mol. The molecule has 0 aromatic heterocycles. The number of carbonyl (C=O) groups is 1. The van der Waals surface area contributed by atoms with Crippen LogP contribution in [-0.4, -0.2) is 22.3 Å². The maximum absolute atomic E-state index is 10.4. The number of aliphatic hydroxyl groups is 1. The standard InChI is InChI=1S/C30H60O3/c1-2-3-4-5-17-20-23-26-29(31)27-24-21-18-15-13-11-9-7-6-8-10-12-14-16-19-22-25-28-30(32)33/h29,31H,2-28H2,1H3,(H,32,33). The number of hydrogen-bond acceptors (Lipinski definition) is 2. The Labute approximate surface area is 207 Å². The lowest BCUT2D eigenvalue weighted by Crippen LogP contribution is -2.05. The van der Waals surface area contributed by atoms with Crippen molar-refractivity contribution in [3.63, 3.8) is 0 Å². The number of rotatable bonds is 28. The van der Waals surface area contributed by atoms with Crippen LogP contribution in [0, 0.1) is 0 Å². The van der Waals surface area contributed by atoms with Gasteiger partial charge in [-0.05, 0) is 19.3 Å². The van der Waals surface area contributed by atoms with E-state index in [0.29, 0.717) is 6.42 Å². The van der Waals surface area contributed by atoms with Crippen molar-refractivity contribution in [1.29, 1.82) is 0 Å². The lowest BCUT2D eigenvalue weighted by atomic mass is 10.0. The number of carboxylic acid groups (broad SMARTS) is 1. The maximum atomic E-state index is 10.4. The van der Waals surface area contributed by atoms with Crippen LogP contribution < -0.4 is 0 Å². The lowest BCUT2D eigenvalue weighted by molar-refractivity contribution is -0.137. The molecule has 3 heteroatoms. The Morgan fingerprint density at radius 1 is 0.485 bits per heavy atom. The molecule has 0 rings (SSSR count). The highest BCUT2D eigenvalue weighted by Crippen LogP contribution is 2.16. The predicted octanol–water partition coefficient (Wildman–Crippen LogP) is 9.98. The van der Waals surface area contributed by atoms with Crippen molar-refractivity contribution in [2.45, 2.75) is 186 Å². The normalized spacial score (nSPS) is 12.3. The Bertz CT molecular complexity index is 383. The van der Waals surface area contributed by atoms with Gasteiger partial charge in [-0.3, -0.25) is 4.79 Å². The first-order valence-corrected chi connectivity index (χ1v) is 15.1. The van der Waals surface area contributed by atoms with Crippen LogP contribution in [0.4, 0.5) is 0 Å². The summed E-state index contributed by atoms with van der Waals surface area (Å²) < 4.78 is 0. The molecule has 1 atom stereocenters. The average Bonchev–Trinajstić information content (AvgIpc) is 2.79. The second-order valence-corrected chi connectivity index (χ2v) is 10.5. The van der Waals surface area contributed by atoms with E-state index >= 15 is 0 Å². The molecule has 0 saturated carbocycles. The first-order chi connectivity index (χ1) is 16.2. The molecule has 0 aliphatic rings. The molecule has 0 spiro atoms. The molecule has 0 radical (unpaired) electrons. The molecular weight excluding hydrogens is 408 g/mol. The van der Waals surface area contributed by atoms with Crippen LogP contribution in [0.5, 0.6) is 0 Å². The fourth-order valence-corrected chi connectivity index (χ4v) is 4.79. The highest BCUT2D eigenvalue weighted by molar-refractivity contribution is 5.66. The van der Waals surface area contributed by atoms with Gasteiger partial charge in [-0.15, -0.1) is 0 Å². The van der Waals surface area contributed by atoms with Crippen molar-refractivity contribution in [3.8, 4) is 0 Å². The van der Waals surface area contributed by atoms with Gasteiger partial charge in [-0.2, -0.15) is 0 Å². The highest BCUT2D eigenvalue weighted by atomic mass is 16.4. The monoisotopic (exact) mass is 468 g/mol. The summed E-state index contributed by atoms with van der Waals surface area (Å²) >= 11 is 0. The molecule has 33 heavy (non-hydrogen) atoms. The summed E-state index contributed by atoms with van der Waals surface area (Å²) in [6.45, 7) is 2.27. The van der Waals surface area contributed by atoms with Crippen LogP contribution in [-0.2, 0) is 4.79 Å². The molecule has 1 unspecified atom stereocenters. The van der Waals surface area contributed by atoms with Crippen LogP contribution in [0.25, 0.3) is 0 Å². The molecule has 0 fully saturated rings. The largest absolute Gasteiger partial charge is 0.481 e. The van der Waals surface area contributed by atoms with E-state index in [4.69, 9.17) is 5.11 Å². The van der Waals surface area contributed by atoms with E-state index < -0.39 is 5.97 Å². The van der Waals surface area contributed by atoms with Gasteiger partial charge >= 0.3 is 5.97 Å². The molecule has 0 aliphatic heterocycles. The van der Waals surface area contributed by atoms with Gasteiger partial charge in [-0.25, -0.2) is 0 Å². The minimum absolute atomic E-state index is 0.0514. The van der Waals surface area contributed by atoms with E-state index in [0.717, 1.165) is 25.7 Å². The molecule has 0 aromatic carbocycles. The van der Waals surface area contributed by atoms with E-state index in [2.05, 4.69) is 6.92 Å². The molecule has 0 amide bonds. The summed E-state index contributed by atoms with van der Waals surface area (Å²) in [7, 11) is 0. The van der Waals surface area contributed by atoms with Crippen LogP contribution in [0.15, 0.2) is 0 Å². The lowest BCUT2D eigenvalue weighted by Gasteiger charge is -2.10. The van der Waals surface area contributed by atoms with Gasteiger partial charge in [0.2, 0.25) is 0 Å². The van der Waals surface area contributed by atoms with Crippen LogP contribution in [0.1, 0.15) is 180 Å². The molecule has 0 aromatic rings. The van der Waals surface area contributed by atoms with Gasteiger partial charge in [0.05, 0.1) is 6.10 Å². The van der Waals surface area contributed by atoms with Gasteiger partial charge in [-0.1, -0.05) is 155 Å². The highest BCUT2D eigenvalue weighted by Gasteiger charge is 2.04. The molecule has 0 bridgehead atoms. The first-order valence-electron chi connectivity index (χ1n) is 15.1. The number of carboxylic acids is 1. The van der Waals surface area contributed by atoms with Crippen LogP contribution >= 0.6 is 0 Å². The van der Waals surface area contributed by atoms with E-state index in [9.17, 15) is 9.90 Å². The zero-order valence-electron chi connectivity index (χ0n) is 22.5. The summed E-state index contributed by atoms with van der Waals surface area (Å²) in [6.07, 6.45) is 33.7. The van der Waals surface area contributed by atoms with Gasteiger partial charge in [0.15, 0.2) is 0 Å². The minimum Gasteiger partial charge on any atom is -0.481 e. The fourth-order valence-electron chi connectivity index (χ4n) is 4.79. The van der Waals surface area contributed by atoms with E-state index in [1.165, 1.54) is 141 Å². The third kappa shape index (κ3) is 29.4. The van der Waals surface area contributed by atoms with Crippen molar-refractivity contribution in [2.75, 3.05) is 0 Å². The summed E-state index contributed by atoms with van der Waals surface area (Å²) in [4.78, 5) is 10.4. The number of aliphatic hydroxyl groups excluding tert-OH is 1. The topological polar surface area (TPSA) is 57.5 Å². The van der Waals surface area contributed by atoms with Crippen LogP contribution in [0.2, 0.25) is 0 Å². The molecule has 198 valence electrons. The summed E-state index contributed by atoms with van der Waals surface area (Å²) in [5.74, 6) is -0.657. The quantitative estimate of drug-likeness (QED) is 0.112.